The molecule has 3 N–H and O–H groups in total. The van der Waals surface area contributed by atoms with Crippen molar-refractivity contribution < 1.29 is 46.6 Å². The molecule has 2 saturated heterocycles. The molecule has 386 valence electrons. The van der Waals surface area contributed by atoms with Gasteiger partial charge in [-0.05, 0) is 111 Å². The van der Waals surface area contributed by atoms with E-state index in [1.807, 2.05) is 34.1 Å². The summed E-state index contributed by atoms with van der Waals surface area (Å²) in [6.07, 6.45) is 11.9. The Morgan fingerprint density at radius 2 is 1.07 bits per heavy atom. The fraction of sp³-hybridized carbons (Fsp3) is 0.321. The number of nitrogens with zero attached hydrogens (tertiary/aromatic N) is 10. The van der Waals surface area contributed by atoms with Crippen molar-refractivity contribution in [3.8, 4) is 0 Å². The van der Waals surface area contributed by atoms with E-state index in [1.165, 1.54) is 37.7 Å². The standard InChI is InChI=1S/C27H26F2N6O3.C26H24F2N6O3/c1-38-27(37)23-13-19-12-17(6-9-34(19)32-23)31-26(36)21-15-30-35-10-7-18(14-25(21)35)33-8-2-3-24(33)20-11-16(28)4-5-22(20)29;27-15-3-4-21(28)19(10-15)23-2-1-7-32(23)17-6-9-34-24(13-17)20(14-29-34)25(35)30-16-5-8-33-18(11-16)12-22(31-33)26(36)37/h4-5,7,10-11,13-15,17,24H,2-3,6,8-9,12H2,1H3,(H,31,36);3-4,6,9-10,12-14,16,23H,1-2,5,7-8,11H2,(H,30,35)(H,36,37)/t17?,24-;16?,23-/m11/s1. The van der Waals surface area contributed by atoms with Crippen molar-refractivity contribution in [3.05, 3.63) is 166 Å². The molecule has 22 heteroatoms. The average Bonchev–Trinajstić information content (AvgIpc) is 4.29. The smallest absolute Gasteiger partial charge is 0.358 e. The Balaban J connectivity index is 0.000000161. The number of esters is 1. The highest BCUT2D eigenvalue weighted by molar-refractivity contribution is 6.02. The van der Waals surface area contributed by atoms with Crippen molar-refractivity contribution in [1.82, 2.24) is 49.4 Å². The lowest BCUT2D eigenvalue weighted by Crippen LogP contribution is -2.40. The van der Waals surface area contributed by atoms with Crippen LogP contribution in [0.4, 0.5) is 28.9 Å². The van der Waals surface area contributed by atoms with Gasteiger partial charge in [0.05, 0.1) is 53.7 Å². The van der Waals surface area contributed by atoms with Gasteiger partial charge in [-0.15, -0.1) is 0 Å². The van der Waals surface area contributed by atoms with Crippen LogP contribution in [0.25, 0.3) is 11.0 Å². The third kappa shape index (κ3) is 9.62. The Bertz CT molecular complexity index is 3530. The number of ether oxygens (including phenoxy) is 1. The van der Waals surface area contributed by atoms with Crippen LogP contribution in [-0.4, -0.2) is 99.9 Å². The minimum absolute atomic E-state index is 0.00419. The fourth-order valence-electron chi connectivity index (χ4n) is 11.0. The van der Waals surface area contributed by atoms with Crippen molar-refractivity contribution in [2.45, 2.75) is 88.6 Å². The molecular formula is C53H50F4N12O6. The van der Waals surface area contributed by atoms with Crippen molar-refractivity contribution in [1.29, 1.82) is 0 Å². The molecule has 0 bridgehead atoms. The average molecular weight is 1030 g/mol. The molecule has 75 heavy (non-hydrogen) atoms. The van der Waals surface area contributed by atoms with Crippen LogP contribution in [0.1, 0.15) is 115 Å². The van der Waals surface area contributed by atoms with E-state index >= 15 is 0 Å². The Morgan fingerprint density at radius 1 is 0.600 bits per heavy atom. The van der Waals surface area contributed by atoms with Gasteiger partial charge in [0.15, 0.2) is 11.4 Å². The van der Waals surface area contributed by atoms with E-state index in [4.69, 9.17) is 4.74 Å². The molecular weight excluding hydrogens is 977 g/mol. The van der Waals surface area contributed by atoms with Crippen molar-refractivity contribution in [2.24, 2.45) is 0 Å². The summed E-state index contributed by atoms with van der Waals surface area (Å²) in [7, 11) is 1.31. The first-order valence-corrected chi connectivity index (χ1v) is 24.7. The first-order valence-electron chi connectivity index (χ1n) is 24.7. The second-order valence-electron chi connectivity index (χ2n) is 19.2. The zero-order valence-electron chi connectivity index (χ0n) is 40.5. The molecule has 0 radical (unpaired) electrons. The first kappa shape index (κ1) is 48.7. The number of aromatic carboxylic acids is 1. The zero-order valence-corrected chi connectivity index (χ0v) is 40.5. The molecule has 4 aliphatic heterocycles. The highest BCUT2D eigenvalue weighted by Gasteiger charge is 2.33. The maximum Gasteiger partial charge on any atom is 0.358 e. The van der Waals surface area contributed by atoms with Crippen LogP contribution in [0.15, 0.2) is 97.6 Å². The van der Waals surface area contributed by atoms with Gasteiger partial charge < -0.3 is 30.3 Å². The minimum atomic E-state index is -1.08. The van der Waals surface area contributed by atoms with Crippen LogP contribution in [0.2, 0.25) is 0 Å². The number of pyridine rings is 2. The minimum Gasteiger partial charge on any atom is -0.476 e. The molecule has 8 aromatic rings. The molecule has 2 amide bonds. The molecule has 12 rings (SSSR count). The van der Waals surface area contributed by atoms with E-state index in [2.05, 4.69) is 31.0 Å². The number of rotatable bonds is 10. The predicted octanol–water partition coefficient (Wildman–Crippen LogP) is 7.28. The Hall–Kier alpha value is -8.56. The Kier molecular flexibility index (Phi) is 13.0. The number of aromatic nitrogens is 8. The van der Waals surface area contributed by atoms with Gasteiger partial charge in [-0.25, -0.2) is 36.2 Å². The number of carbonyl (C=O) groups is 4. The van der Waals surface area contributed by atoms with Gasteiger partial charge in [0.2, 0.25) is 0 Å². The highest BCUT2D eigenvalue weighted by atomic mass is 19.1. The highest BCUT2D eigenvalue weighted by Crippen LogP contribution is 2.40. The van der Waals surface area contributed by atoms with E-state index in [0.717, 1.165) is 59.9 Å². The number of hydrogen-bond donors (Lipinski definition) is 3. The van der Waals surface area contributed by atoms with Gasteiger partial charge in [-0.2, -0.15) is 20.4 Å². The second-order valence-corrected chi connectivity index (χ2v) is 19.2. The molecule has 6 aromatic heterocycles. The lowest BCUT2D eigenvalue weighted by molar-refractivity contribution is 0.0591. The predicted molar refractivity (Wildman–Crippen MR) is 264 cm³/mol. The molecule has 2 unspecified atom stereocenters. The lowest BCUT2D eigenvalue weighted by atomic mass is 10.0. The quantitative estimate of drug-likeness (QED) is 0.0916. The molecule has 4 aliphatic rings. The second kappa shape index (κ2) is 20.0. The van der Waals surface area contributed by atoms with E-state index in [1.54, 1.807) is 36.9 Å². The number of fused-ring (bicyclic) bond motifs is 4. The van der Waals surface area contributed by atoms with Crippen LogP contribution in [0.3, 0.4) is 0 Å². The number of carboxylic acid groups (broad SMARTS) is 1. The van der Waals surface area contributed by atoms with Crippen molar-refractivity contribution in [3.63, 3.8) is 0 Å². The molecule has 2 aromatic carbocycles. The summed E-state index contributed by atoms with van der Waals surface area (Å²) in [5.41, 5.74) is 6.20. The monoisotopic (exact) mass is 1030 g/mol. The van der Waals surface area contributed by atoms with Gasteiger partial charge in [0.1, 0.15) is 23.3 Å². The van der Waals surface area contributed by atoms with Crippen LogP contribution < -0.4 is 20.4 Å². The van der Waals surface area contributed by atoms with Gasteiger partial charge in [0.25, 0.3) is 11.8 Å². The van der Waals surface area contributed by atoms with Crippen LogP contribution in [0.5, 0.6) is 0 Å². The number of benzene rings is 2. The van der Waals surface area contributed by atoms with Gasteiger partial charge in [0, 0.05) is 97.4 Å². The third-order valence-corrected chi connectivity index (χ3v) is 14.6. The van der Waals surface area contributed by atoms with Crippen LogP contribution in [-0.2, 0) is 30.7 Å². The summed E-state index contributed by atoms with van der Waals surface area (Å²) < 4.78 is 68.3. The van der Waals surface area contributed by atoms with Crippen LogP contribution in [0, 0.1) is 23.3 Å². The summed E-state index contributed by atoms with van der Waals surface area (Å²) in [6.45, 7) is 2.46. The normalized spacial score (nSPS) is 19.1. The number of carboxylic acids is 1. The number of hydrogen-bond acceptors (Lipinski definition) is 11. The lowest BCUT2D eigenvalue weighted by Gasteiger charge is -2.27. The van der Waals surface area contributed by atoms with Crippen molar-refractivity contribution in [2.75, 3.05) is 30.0 Å². The maximum absolute atomic E-state index is 14.6. The molecule has 0 aliphatic carbocycles. The van der Waals surface area contributed by atoms with Gasteiger partial charge in [-0.3, -0.25) is 19.0 Å². The van der Waals surface area contributed by atoms with Crippen molar-refractivity contribution >= 4 is 46.2 Å². The van der Waals surface area contributed by atoms with E-state index in [9.17, 15) is 41.8 Å². The number of nitrogens with one attached hydrogen (secondary N) is 2. The molecule has 18 nitrogen and oxygen atoms in total. The van der Waals surface area contributed by atoms with E-state index in [-0.39, 0.29) is 47.4 Å². The molecule has 2 fully saturated rings. The fourth-order valence-corrected chi connectivity index (χ4v) is 11.0. The third-order valence-electron chi connectivity index (χ3n) is 14.6. The molecule has 0 spiro atoms. The summed E-state index contributed by atoms with van der Waals surface area (Å²) in [4.78, 5) is 53.6. The Labute approximate surface area is 425 Å². The summed E-state index contributed by atoms with van der Waals surface area (Å²) >= 11 is 0. The number of aryl methyl sites for hydroxylation is 2. The summed E-state index contributed by atoms with van der Waals surface area (Å²) in [5.74, 6) is -3.91. The van der Waals surface area contributed by atoms with Gasteiger partial charge >= 0.3 is 11.9 Å². The maximum atomic E-state index is 14.6. The molecule has 4 atom stereocenters. The number of anilines is 2. The molecule has 10 heterocycles. The van der Waals surface area contributed by atoms with Gasteiger partial charge in [-0.1, -0.05) is 0 Å². The Morgan fingerprint density at radius 3 is 1.53 bits per heavy atom. The SMILES string of the molecule is COC(=O)c1cc2n(n1)CCC(NC(=O)c1cnn3ccc(N4CCC[C@@H]4c4cc(F)ccc4F)cc13)C2.O=C(O)c1cc2n(n1)CCC(NC(=O)c1cnn3ccc(N4CCC[C@@H]4c4cc(F)ccc4F)cc13)C2. The van der Waals surface area contributed by atoms with Crippen LogP contribution >= 0.6 is 0 Å². The number of amides is 2. The zero-order chi connectivity index (χ0) is 52.1. The van der Waals surface area contributed by atoms with E-state index < -0.39 is 35.2 Å². The summed E-state index contributed by atoms with van der Waals surface area (Å²) in [6, 6.07) is 16.9. The molecule has 0 saturated carbocycles. The number of carbonyl (C=O) groups excluding carboxylic acids is 3. The largest absolute Gasteiger partial charge is 0.476 e. The number of halogens is 4. The number of methoxy groups -OCH3 is 1. The summed E-state index contributed by atoms with van der Waals surface area (Å²) in [5, 5.41) is 32.3. The van der Waals surface area contributed by atoms with E-state index in [0.29, 0.717) is 98.0 Å². The topological polar surface area (TPSA) is 199 Å². The first-order chi connectivity index (χ1) is 36.3.